The topological polar surface area (TPSA) is 74.3 Å². The van der Waals surface area contributed by atoms with Crippen molar-refractivity contribution in [1.29, 1.82) is 0 Å². The zero-order valence-electron chi connectivity index (χ0n) is 16.2. The molecule has 0 spiro atoms. The SMILES string of the molecule is COCCN(Cc1ccccc1)C(=O)COC(=O)/C=C/c1ccc2c(c1)OCO2. The lowest BCUT2D eigenvalue weighted by molar-refractivity contribution is -0.148. The highest BCUT2D eigenvalue weighted by molar-refractivity contribution is 5.89. The Morgan fingerprint density at radius 2 is 1.90 bits per heavy atom. The largest absolute Gasteiger partial charge is 0.454 e. The number of methoxy groups -OCH3 is 1. The molecule has 0 aromatic heterocycles. The van der Waals surface area contributed by atoms with Crippen LogP contribution in [-0.2, 0) is 25.6 Å². The Bertz CT molecular complexity index is 865. The number of amides is 1. The predicted molar refractivity (Wildman–Crippen MR) is 106 cm³/mol. The second kappa shape index (κ2) is 10.3. The lowest BCUT2D eigenvalue weighted by atomic mass is 10.2. The zero-order chi connectivity index (χ0) is 20.5. The van der Waals surface area contributed by atoms with E-state index in [-0.39, 0.29) is 19.3 Å². The van der Waals surface area contributed by atoms with Crippen LogP contribution in [0.25, 0.3) is 6.08 Å². The summed E-state index contributed by atoms with van der Waals surface area (Å²) in [6.45, 7) is 1.09. The van der Waals surface area contributed by atoms with E-state index in [0.29, 0.717) is 31.2 Å². The van der Waals surface area contributed by atoms with Gasteiger partial charge in [-0.2, -0.15) is 0 Å². The minimum Gasteiger partial charge on any atom is -0.454 e. The summed E-state index contributed by atoms with van der Waals surface area (Å²) >= 11 is 0. The van der Waals surface area contributed by atoms with Gasteiger partial charge in [-0.3, -0.25) is 4.79 Å². The minimum atomic E-state index is -0.595. The third-order valence-electron chi connectivity index (χ3n) is 4.28. The second-order valence-corrected chi connectivity index (χ2v) is 6.35. The van der Waals surface area contributed by atoms with E-state index < -0.39 is 5.97 Å². The molecule has 3 rings (SSSR count). The Labute approximate surface area is 169 Å². The normalized spacial score (nSPS) is 12.2. The van der Waals surface area contributed by atoms with Gasteiger partial charge in [0.2, 0.25) is 6.79 Å². The maximum absolute atomic E-state index is 12.5. The van der Waals surface area contributed by atoms with Gasteiger partial charge in [0.25, 0.3) is 5.91 Å². The van der Waals surface area contributed by atoms with Crippen molar-refractivity contribution in [2.24, 2.45) is 0 Å². The van der Waals surface area contributed by atoms with Gasteiger partial charge in [0.05, 0.1) is 6.61 Å². The predicted octanol–water partition coefficient (Wildman–Crippen LogP) is 2.65. The number of nitrogens with zero attached hydrogens (tertiary/aromatic N) is 1. The number of ether oxygens (including phenoxy) is 4. The molecule has 152 valence electrons. The molecule has 2 aromatic carbocycles. The number of carbonyl (C=O) groups excluding carboxylic acids is 2. The number of benzene rings is 2. The number of esters is 1. The fraction of sp³-hybridized carbons (Fsp3) is 0.273. The molecule has 1 amide bonds. The first kappa shape index (κ1) is 20.4. The van der Waals surface area contributed by atoms with Gasteiger partial charge in [-0.15, -0.1) is 0 Å². The van der Waals surface area contributed by atoms with Crippen molar-refractivity contribution in [3.63, 3.8) is 0 Å². The van der Waals surface area contributed by atoms with Crippen LogP contribution in [0.1, 0.15) is 11.1 Å². The Morgan fingerprint density at radius 3 is 2.69 bits per heavy atom. The average Bonchev–Trinajstić information content (AvgIpc) is 3.22. The number of fused-ring (bicyclic) bond motifs is 1. The molecule has 0 fully saturated rings. The van der Waals surface area contributed by atoms with Gasteiger partial charge in [0.15, 0.2) is 18.1 Å². The van der Waals surface area contributed by atoms with E-state index in [0.717, 1.165) is 11.1 Å². The van der Waals surface area contributed by atoms with Gasteiger partial charge in [0.1, 0.15) is 0 Å². The summed E-state index contributed by atoms with van der Waals surface area (Å²) in [5.74, 6) is 0.424. The van der Waals surface area contributed by atoms with Crippen molar-refractivity contribution in [3.8, 4) is 11.5 Å². The van der Waals surface area contributed by atoms with E-state index in [4.69, 9.17) is 18.9 Å². The van der Waals surface area contributed by atoms with Crippen LogP contribution in [0.5, 0.6) is 11.5 Å². The molecule has 0 aliphatic carbocycles. The van der Waals surface area contributed by atoms with Crippen LogP contribution in [0.2, 0.25) is 0 Å². The van der Waals surface area contributed by atoms with Gasteiger partial charge in [0, 0.05) is 26.3 Å². The number of hydrogen-bond acceptors (Lipinski definition) is 6. The summed E-state index contributed by atoms with van der Waals surface area (Å²) in [6, 6.07) is 15.0. The van der Waals surface area contributed by atoms with Gasteiger partial charge in [-0.25, -0.2) is 4.79 Å². The highest BCUT2D eigenvalue weighted by Crippen LogP contribution is 2.32. The summed E-state index contributed by atoms with van der Waals surface area (Å²) in [7, 11) is 1.58. The summed E-state index contributed by atoms with van der Waals surface area (Å²) in [4.78, 5) is 26.1. The van der Waals surface area contributed by atoms with Gasteiger partial charge in [-0.1, -0.05) is 36.4 Å². The molecule has 0 N–H and O–H groups in total. The summed E-state index contributed by atoms with van der Waals surface area (Å²) < 4.78 is 20.7. The van der Waals surface area contributed by atoms with E-state index in [1.54, 1.807) is 36.3 Å². The van der Waals surface area contributed by atoms with Gasteiger partial charge < -0.3 is 23.8 Å². The molecule has 0 radical (unpaired) electrons. The summed E-state index contributed by atoms with van der Waals surface area (Å²) in [6.07, 6.45) is 2.88. The molecule has 1 aliphatic rings. The van der Waals surface area contributed by atoms with Crippen LogP contribution in [0.15, 0.2) is 54.6 Å². The third kappa shape index (κ3) is 6.08. The maximum atomic E-state index is 12.5. The van der Waals surface area contributed by atoms with E-state index in [1.807, 2.05) is 30.3 Å². The Balaban J connectivity index is 1.52. The van der Waals surface area contributed by atoms with E-state index in [9.17, 15) is 9.59 Å². The quantitative estimate of drug-likeness (QED) is 0.478. The fourth-order valence-corrected chi connectivity index (χ4v) is 2.75. The molecule has 2 aromatic rings. The molecule has 0 unspecified atom stereocenters. The lowest BCUT2D eigenvalue weighted by Gasteiger charge is -2.22. The molecule has 7 heteroatoms. The molecule has 0 saturated heterocycles. The second-order valence-electron chi connectivity index (χ2n) is 6.35. The Kier molecular flexibility index (Phi) is 7.24. The van der Waals surface area contributed by atoms with Crippen LogP contribution in [0.3, 0.4) is 0 Å². The Hall–Kier alpha value is -3.32. The molecular formula is C22H23NO6. The molecule has 1 heterocycles. The maximum Gasteiger partial charge on any atom is 0.331 e. The van der Waals surface area contributed by atoms with E-state index in [2.05, 4.69) is 0 Å². The van der Waals surface area contributed by atoms with Gasteiger partial charge >= 0.3 is 5.97 Å². The highest BCUT2D eigenvalue weighted by atomic mass is 16.7. The summed E-state index contributed by atoms with van der Waals surface area (Å²) in [5.41, 5.74) is 1.76. The van der Waals surface area contributed by atoms with Crippen molar-refractivity contribution < 1.29 is 28.5 Å². The monoisotopic (exact) mass is 397 g/mol. The first-order valence-corrected chi connectivity index (χ1v) is 9.21. The highest BCUT2D eigenvalue weighted by Gasteiger charge is 2.16. The molecule has 0 bridgehead atoms. The van der Waals surface area contributed by atoms with Crippen molar-refractivity contribution in [3.05, 3.63) is 65.7 Å². The minimum absolute atomic E-state index is 0.190. The standard InChI is InChI=1S/C22H23NO6/c1-26-12-11-23(14-18-5-3-2-4-6-18)21(24)15-27-22(25)10-8-17-7-9-19-20(13-17)29-16-28-19/h2-10,13H,11-12,14-16H2,1H3/b10-8+. The number of rotatable bonds is 9. The first-order chi connectivity index (χ1) is 14.2. The fourth-order valence-electron chi connectivity index (χ4n) is 2.75. The molecule has 0 saturated carbocycles. The summed E-state index contributed by atoms with van der Waals surface area (Å²) in [5, 5.41) is 0. The third-order valence-corrected chi connectivity index (χ3v) is 4.28. The van der Waals surface area contributed by atoms with E-state index in [1.165, 1.54) is 6.08 Å². The van der Waals surface area contributed by atoms with Crippen molar-refractivity contribution in [2.75, 3.05) is 33.7 Å². The molecule has 7 nitrogen and oxygen atoms in total. The average molecular weight is 397 g/mol. The molecule has 29 heavy (non-hydrogen) atoms. The van der Waals surface area contributed by atoms with Crippen LogP contribution in [-0.4, -0.2) is 50.4 Å². The van der Waals surface area contributed by atoms with Gasteiger partial charge in [-0.05, 0) is 29.3 Å². The zero-order valence-corrected chi connectivity index (χ0v) is 16.2. The smallest absolute Gasteiger partial charge is 0.331 e. The van der Waals surface area contributed by atoms with Crippen molar-refractivity contribution in [2.45, 2.75) is 6.54 Å². The number of carbonyl (C=O) groups is 2. The van der Waals surface area contributed by atoms with Crippen LogP contribution in [0, 0.1) is 0 Å². The molecule has 0 atom stereocenters. The van der Waals surface area contributed by atoms with Crippen molar-refractivity contribution in [1.82, 2.24) is 4.90 Å². The Morgan fingerprint density at radius 1 is 1.10 bits per heavy atom. The lowest BCUT2D eigenvalue weighted by Crippen LogP contribution is -2.36. The number of hydrogen-bond donors (Lipinski definition) is 0. The molecule has 1 aliphatic heterocycles. The first-order valence-electron chi connectivity index (χ1n) is 9.21. The van der Waals surface area contributed by atoms with Crippen molar-refractivity contribution >= 4 is 18.0 Å². The van der Waals surface area contributed by atoms with E-state index >= 15 is 0 Å². The van der Waals surface area contributed by atoms with Crippen LogP contribution >= 0.6 is 0 Å². The van der Waals surface area contributed by atoms with Crippen LogP contribution < -0.4 is 9.47 Å². The molecular weight excluding hydrogens is 374 g/mol. The van der Waals surface area contributed by atoms with Crippen LogP contribution in [0.4, 0.5) is 0 Å².